The van der Waals surface area contributed by atoms with Crippen LogP contribution in [-0.2, 0) is 4.74 Å². The van der Waals surface area contributed by atoms with Crippen LogP contribution in [0, 0.1) is 28.6 Å². The number of ether oxygens (including phenoxy) is 1. The molecule has 3 nitrogen and oxygen atoms in total. The minimum Gasteiger partial charge on any atom is -0.390 e. The van der Waals surface area contributed by atoms with Gasteiger partial charge in [-0.25, -0.2) is 0 Å². The van der Waals surface area contributed by atoms with Crippen LogP contribution in [0.1, 0.15) is 80.1 Å². The third-order valence-corrected chi connectivity index (χ3v) is 9.19. The minimum absolute atomic E-state index is 0.0833. The molecular weight excluding hydrogens is 300 g/mol. The molecule has 3 aliphatic carbocycles. The topological polar surface area (TPSA) is 49.7 Å². The zero-order valence-corrected chi connectivity index (χ0v) is 16.4. The van der Waals surface area contributed by atoms with Crippen molar-refractivity contribution in [2.75, 3.05) is 0 Å². The van der Waals surface area contributed by atoms with Crippen molar-refractivity contribution in [3.63, 3.8) is 0 Å². The van der Waals surface area contributed by atoms with Gasteiger partial charge in [0.2, 0.25) is 0 Å². The maximum absolute atomic E-state index is 11.5. The van der Waals surface area contributed by atoms with Crippen LogP contribution in [0.3, 0.4) is 0 Å². The molecule has 24 heavy (non-hydrogen) atoms. The molecule has 5 rings (SSSR count). The highest BCUT2D eigenvalue weighted by molar-refractivity contribution is 5.24. The lowest BCUT2D eigenvalue weighted by Gasteiger charge is -2.69. The Morgan fingerprint density at radius 1 is 0.917 bits per heavy atom. The average Bonchev–Trinajstić information content (AvgIpc) is 2.65. The molecule has 0 aromatic carbocycles. The molecular formula is C21H36O3. The molecule has 2 bridgehead atoms. The van der Waals surface area contributed by atoms with Gasteiger partial charge in [0.15, 0.2) is 0 Å². The first-order valence-corrected chi connectivity index (χ1v) is 10.0. The van der Waals surface area contributed by atoms with Gasteiger partial charge in [0.1, 0.15) is 0 Å². The predicted molar refractivity (Wildman–Crippen MR) is 94.6 cm³/mol. The van der Waals surface area contributed by atoms with Crippen molar-refractivity contribution in [2.45, 2.75) is 103 Å². The van der Waals surface area contributed by atoms with Crippen LogP contribution in [0.15, 0.2) is 0 Å². The van der Waals surface area contributed by atoms with Crippen molar-refractivity contribution < 1.29 is 14.9 Å². The highest BCUT2D eigenvalue weighted by Crippen LogP contribution is 2.72. The van der Waals surface area contributed by atoms with Crippen molar-refractivity contribution in [2.24, 2.45) is 28.6 Å². The molecule has 3 heteroatoms. The molecule has 0 unspecified atom stereocenters. The third-order valence-electron chi connectivity index (χ3n) is 9.19. The Hall–Kier alpha value is -0.120. The molecule has 5 aliphatic rings. The first-order valence-electron chi connectivity index (χ1n) is 10.0. The van der Waals surface area contributed by atoms with Crippen molar-refractivity contribution >= 4 is 0 Å². The van der Waals surface area contributed by atoms with Crippen molar-refractivity contribution in [3.8, 4) is 0 Å². The summed E-state index contributed by atoms with van der Waals surface area (Å²) in [5, 5.41) is 22.8. The first kappa shape index (κ1) is 17.3. The normalized spacial score (nSPS) is 58.6. The fraction of sp³-hybridized carbons (Fsp3) is 1.00. The van der Waals surface area contributed by atoms with Gasteiger partial charge in [-0.3, -0.25) is 0 Å². The third kappa shape index (κ3) is 1.80. The monoisotopic (exact) mass is 336 g/mol. The number of fused-ring (bicyclic) bond motifs is 3. The number of hydrogen-bond donors (Lipinski definition) is 2. The SMILES string of the molecule is CC(C)[C@@]1(O)CC[C@@]2(C)C[C@@H]3[C@]4(C[C@@H]21)O[C@H](CC[C@@]3(C)O)C4(C)C. The molecule has 5 fully saturated rings. The first-order chi connectivity index (χ1) is 10.9. The second-order valence-corrected chi connectivity index (χ2v) is 10.9. The second-order valence-electron chi connectivity index (χ2n) is 10.9. The molecule has 3 saturated carbocycles. The Labute approximate surface area is 147 Å². The Kier molecular flexibility index (Phi) is 3.30. The van der Waals surface area contributed by atoms with Gasteiger partial charge in [-0.05, 0) is 62.7 Å². The summed E-state index contributed by atoms with van der Waals surface area (Å²) >= 11 is 0. The van der Waals surface area contributed by atoms with Gasteiger partial charge in [-0.15, -0.1) is 0 Å². The van der Waals surface area contributed by atoms with Gasteiger partial charge in [0.05, 0.1) is 22.9 Å². The average molecular weight is 337 g/mol. The lowest BCUT2D eigenvalue weighted by Crippen LogP contribution is -2.74. The van der Waals surface area contributed by atoms with Gasteiger partial charge in [0.25, 0.3) is 0 Å². The Morgan fingerprint density at radius 2 is 1.58 bits per heavy atom. The Morgan fingerprint density at radius 3 is 2.17 bits per heavy atom. The highest BCUT2D eigenvalue weighted by Gasteiger charge is 2.75. The second kappa shape index (κ2) is 4.58. The smallest absolute Gasteiger partial charge is 0.0821 e. The molecule has 2 aliphatic heterocycles. The summed E-state index contributed by atoms with van der Waals surface area (Å²) in [6.45, 7) is 13.4. The van der Waals surface area contributed by atoms with Gasteiger partial charge in [-0.2, -0.15) is 0 Å². The summed E-state index contributed by atoms with van der Waals surface area (Å²) in [5.74, 6) is 0.715. The van der Waals surface area contributed by atoms with Crippen molar-refractivity contribution in [1.82, 2.24) is 0 Å². The van der Waals surface area contributed by atoms with Gasteiger partial charge in [-0.1, -0.05) is 34.6 Å². The van der Waals surface area contributed by atoms with Crippen molar-refractivity contribution in [3.05, 3.63) is 0 Å². The van der Waals surface area contributed by atoms with E-state index in [0.717, 1.165) is 38.5 Å². The van der Waals surface area contributed by atoms with E-state index in [0.29, 0.717) is 0 Å². The molecule has 7 atom stereocenters. The number of aliphatic hydroxyl groups is 2. The maximum atomic E-state index is 11.5. The summed E-state index contributed by atoms with van der Waals surface area (Å²) in [5.41, 5.74) is -1.31. The van der Waals surface area contributed by atoms with Crippen LogP contribution >= 0.6 is 0 Å². The zero-order valence-electron chi connectivity index (χ0n) is 16.4. The lowest BCUT2D eigenvalue weighted by molar-refractivity contribution is -0.360. The molecule has 2 N–H and O–H groups in total. The standard InChI is InChI=1S/C21H36O3/c1-13(2)20(23)10-9-18(5)11-15-19(6,22)8-7-16-17(3,4)21(15,24-16)12-14(18)20/h13-16,22-23H,7-12H2,1-6H3/t14-,15-,16+,18-,19+,20-,21-/m0/s1. The summed E-state index contributed by atoms with van der Waals surface area (Å²) < 4.78 is 6.60. The molecule has 0 aromatic rings. The van der Waals surface area contributed by atoms with E-state index >= 15 is 0 Å². The largest absolute Gasteiger partial charge is 0.390 e. The summed E-state index contributed by atoms with van der Waals surface area (Å²) in [7, 11) is 0. The summed E-state index contributed by atoms with van der Waals surface area (Å²) in [6, 6.07) is 0. The maximum Gasteiger partial charge on any atom is 0.0821 e. The van der Waals surface area contributed by atoms with Crippen LogP contribution in [0.25, 0.3) is 0 Å². The van der Waals surface area contributed by atoms with E-state index < -0.39 is 11.2 Å². The Bertz CT molecular complexity index is 553. The quantitative estimate of drug-likeness (QED) is 0.763. The van der Waals surface area contributed by atoms with Gasteiger partial charge in [0, 0.05) is 11.3 Å². The van der Waals surface area contributed by atoms with Gasteiger partial charge < -0.3 is 14.9 Å². The van der Waals surface area contributed by atoms with E-state index in [9.17, 15) is 10.2 Å². The van der Waals surface area contributed by atoms with Crippen molar-refractivity contribution in [1.29, 1.82) is 0 Å². The summed E-state index contributed by atoms with van der Waals surface area (Å²) in [6.07, 6.45) is 5.89. The fourth-order valence-corrected chi connectivity index (χ4v) is 7.22. The Balaban J connectivity index is 1.80. The number of rotatable bonds is 1. The van der Waals surface area contributed by atoms with E-state index in [1.807, 2.05) is 6.92 Å². The zero-order chi connectivity index (χ0) is 17.8. The van der Waals surface area contributed by atoms with E-state index in [1.165, 1.54) is 0 Å². The van der Waals surface area contributed by atoms with Crippen LogP contribution in [0.2, 0.25) is 0 Å². The summed E-state index contributed by atoms with van der Waals surface area (Å²) in [4.78, 5) is 0. The molecule has 0 amide bonds. The predicted octanol–water partition coefficient (Wildman–Crippen LogP) is 3.91. The van der Waals surface area contributed by atoms with E-state index in [2.05, 4.69) is 34.6 Å². The van der Waals surface area contributed by atoms with Crippen LogP contribution in [-0.4, -0.2) is 33.1 Å². The molecule has 2 saturated heterocycles. The van der Waals surface area contributed by atoms with Gasteiger partial charge >= 0.3 is 0 Å². The van der Waals surface area contributed by atoms with E-state index in [4.69, 9.17) is 4.74 Å². The molecule has 2 heterocycles. The van der Waals surface area contributed by atoms with Crippen LogP contribution in [0.5, 0.6) is 0 Å². The van der Waals surface area contributed by atoms with Crippen LogP contribution in [0.4, 0.5) is 0 Å². The molecule has 0 radical (unpaired) electrons. The molecule has 138 valence electrons. The lowest BCUT2D eigenvalue weighted by atomic mass is 9.46. The van der Waals surface area contributed by atoms with E-state index in [-0.39, 0.29) is 40.3 Å². The number of hydrogen-bond acceptors (Lipinski definition) is 3. The molecule has 1 spiro atoms. The van der Waals surface area contributed by atoms with Crippen LogP contribution < -0.4 is 0 Å². The fourth-order valence-electron chi connectivity index (χ4n) is 7.22. The highest BCUT2D eigenvalue weighted by atomic mass is 16.5. The van der Waals surface area contributed by atoms with E-state index in [1.54, 1.807) is 0 Å². The molecule has 0 aromatic heterocycles. The minimum atomic E-state index is -0.658.